The molecule has 104 valence electrons. The molecule has 1 atom stereocenters. The molecular formula is C14H20N2O3. The summed E-state index contributed by atoms with van der Waals surface area (Å²) in [5, 5.41) is 13.6. The normalized spacial score (nSPS) is 12.0. The fourth-order valence-electron chi connectivity index (χ4n) is 1.51. The molecule has 2 amide bonds. The van der Waals surface area contributed by atoms with Gasteiger partial charge in [0.2, 0.25) is 0 Å². The summed E-state index contributed by atoms with van der Waals surface area (Å²) in [6.45, 7) is 6.03. The second-order valence-corrected chi connectivity index (χ2v) is 4.78. The van der Waals surface area contributed by atoms with E-state index in [1.54, 1.807) is 0 Å². The summed E-state index contributed by atoms with van der Waals surface area (Å²) < 4.78 is 0. The maximum absolute atomic E-state index is 11.4. The number of carbonyl (C=O) groups excluding carboxylic acids is 1. The lowest BCUT2D eigenvalue weighted by Crippen LogP contribution is -2.44. The Kier molecular flexibility index (Phi) is 5.36. The zero-order chi connectivity index (χ0) is 14.4. The van der Waals surface area contributed by atoms with E-state index in [0.717, 1.165) is 5.56 Å². The minimum atomic E-state index is -1.06. The van der Waals surface area contributed by atoms with E-state index in [-0.39, 0.29) is 0 Å². The van der Waals surface area contributed by atoms with Crippen molar-refractivity contribution in [3.05, 3.63) is 35.4 Å². The minimum Gasteiger partial charge on any atom is -0.480 e. The Bertz CT molecular complexity index is 441. The van der Waals surface area contributed by atoms with E-state index < -0.39 is 18.0 Å². The molecule has 1 aromatic carbocycles. The number of carboxylic acids is 1. The summed E-state index contributed by atoms with van der Waals surface area (Å²) in [7, 11) is 0. The van der Waals surface area contributed by atoms with Crippen molar-refractivity contribution in [3.8, 4) is 0 Å². The molecule has 0 heterocycles. The van der Waals surface area contributed by atoms with Crippen LogP contribution in [0.5, 0.6) is 0 Å². The van der Waals surface area contributed by atoms with Gasteiger partial charge in [0, 0.05) is 6.54 Å². The molecule has 3 N–H and O–H groups in total. The first kappa shape index (κ1) is 15.0. The predicted octanol–water partition coefficient (Wildman–Crippen LogP) is 2.08. The quantitative estimate of drug-likeness (QED) is 0.762. The van der Waals surface area contributed by atoms with Gasteiger partial charge in [-0.05, 0) is 24.0 Å². The van der Waals surface area contributed by atoms with E-state index >= 15 is 0 Å². The molecule has 0 saturated heterocycles. The monoisotopic (exact) mass is 264 g/mol. The van der Waals surface area contributed by atoms with E-state index in [9.17, 15) is 9.59 Å². The van der Waals surface area contributed by atoms with Crippen LogP contribution >= 0.6 is 0 Å². The number of urea groups is 1. The van der Waals surface area contributed by atoms with Crippen LogP contribution in [-0.2, 0) is 11.3 Å². The van der Waals surface area contributed by atoms with Crippen molar-refractivity contribution in [1.29, 1.82) is 0 Å². The second kappa shape index (κ2) is 6.78. The van der Waals surface area contributed by atoms with E-state index in [0.29, 0.717) is 12.5 Å². The summed E-state index contributed by atoms with van der Waals surface area (Å²) in [4.78, 5) is 22.0. The minimum absolute atomic E-state index is 0.372. The van der Waals surface area contributed by atoms with Crippen LogP contribution in [0.25, 0.3) is 0 Å². The van der Waals surface area contributed by atoms with Gasteiger partial charge in [-0.25, -0.2) is 4.79 Å². The topological polar surface area (TPSA) is 78.4 Å². The zero-order valence-corrected chi connectivity index (χ0v) is 11.4. The van der Waals surface area contributed by atoms with Crippen LogP contribution in [0.1, 0.15) is 37.8 Å². The average Bonchev–Trinajstić information content (AvgIpc) is 2.36. The van der Waals surface area contributed by atoms with Crippen LogP contribution in [0.4, 0.5) is 4.79 Å². The Hall–Kier alpha value is -2.04. The molecule has 0 aliphatic carbocycles. The third-order valence-electron chi connectivity index (χ3n) is 2.82. The Balaban J connectivity index is 2.44. The highest BCUT2D eigenvalue weighted by Gasteiger charge is 2.13. The second-order valence-electron chi connectivity index (χ2n) is 4.78. The first-order chi connectivity index (χ1) is 8.90. The summed E-state index contributed by atoms with van der Waals surface area (Å²) in [6, 6.07) is 6.58. The zero-order valence-electron chi connectivity index (χ0n) is 11.4. The van der Waals surface area contributed by atoms with Crippen LogP contribution < -0.4 is 10.6 Å². The van der Waals surface area contributed by atoms with Crippen LogP contribution in [-0.4, -0.2) is 23.1 Å². The molecule has 0 aromatic heterocycles. The number of carbonyl (C=O) groups is 2. The molecule has 19 heavy (non-hydrogen) atoms. The molecule has 0 radical (unpaired) electrons. The van der Waals surface area contributed by atoms with Gasteiger partial charge in [-0.1, -0.05) is 38.1 Å². The molecule has 0 bridgehead atoms. The fraction of sp³-hybridized carbons (Fsp3) is 0.429. The van der Waals surface area contributed by atoms with Gasteiger partial charge in [0.1, 0.15) is 6.04 Å². The molecule has 5 nitrogen and oxygen atoms in total. The number of amides is 2. The highest BCUT2D eigenvalue weighted by molar-refractivity contribution is 5.82. The Labute approximate surface area is 113 Å². The summed E-state index contributed by atoms with van der Waals surface area (Å²) in [5.41, 5.74) is 2.22. The molecule has 0 fully saturated rings. The smallest absolute Gasteiger partial charge is 0.325 e. The van der Waals surface area contributed by atoms with Gasteiger partial charge >= 0.3 is 12.0 Å². The number of hydrogen-bond donors (Lipinski definition) is 3. The maximum Gasteiger partial charge on any atom is 0.325 e. The predicted molar refractivity (Wildman–Crippen MR) is 73.0 cm³/mol. The molecule has 0 spiro atoms. The Morgan fingerprint density at radius 1 is 1.16 bits per heavy atom. The molecular weight excluding hydrogens is 244 g/mol. The van der Waals surface area contributed by atoms with Crippen molar-refractivity contribution in [1.82, 2.24) is 10.6 Å². The molecule has 0 aliphatic heterocycles. The average molecular weight is 264 g/mol. The highest BCUT2D eigenvalue weighted by atomic mass is 16.4. The van der Waals surface area contributed by atoms with Crippen LogP contribution in [0.3, 0.4) is 0 Å². The summed E-state index contributed by atoms with van der Waals surface area (Å²) in [5.74, 6) is -0.585. The Morgan fingerprint density at radius 3 is 2.21 bits per heavy atom. The molecule has 1 aromatic rings. The number of aliphatic carboxylic acids is 1. The van der Waals surface area contributed by atoms with E-state index in [1.807, 2.05) is 24.3 Å². The van der Waals surface area contributed by atoms with Crippen LogP contribution in [0, 0.1) is 0 Å². The van der Waals surface area contributed by atoms with Gasteiger partial charge in [0.15, 0.2) is 0 Å². The number of nitrogens with one attached hydrogen (secondary N) is 2. The van der Waals surface area contributed by atoms with Crippen molar-refractivity contribution in [3.63, 3.8) is 0 Å². The lowest BCUT2D eigenvalue weighted by Gasteiger charge is -2.11. The summed E-state index contributed by atoms with van der Waals surface area (Å²) >= 11 is 0. The molecule has 0 aliphatic rings. The van der Waals surface area contributed by atoms with Crippen molar-refractivity contribution in [2.75, 3.05) is 0 Å². The van der Waals surface area contributed by atoms with Crippen molar-refractivity contribution in [2.45, 2.75) is 39.3 Å². The van der Waals surface area contributed by atoms with Crippen molar-refractivity contribution >= 4 is 12.0 Å². The van der Waals surface area contributed by atoms with Crippen molar-refractivity contribution in [2.24, 2.45) is 0 Å². The lowest BCUT2D eigenvalue weighted by molar-refractivity contribution is -0.138. The van der Waals surface area contributed by atoms with Crippen molar-refractivity contribution < 1.29 is 14.7 Å². The SMILES string of the molecule is CC(C)c1ccc(CNC(=O)N[C@H](C)C(=O)O)cc1. The number of hydrogen-bond acceptors (Lipinski definition) is 2. The molecule has 0 saturated carbocycles. The van der Waals surface area contributed by atoms with E-state index in [2.05, 4.69) is 24.5 Å². The maximum atomic E-state index is 11.4. The highest BCUT2D eigenvalue weighted by Crippen LogP contribution is 2.14. The van der Waals surface area contributed by atoms with Gasteiger partial charge in [-0.3, -0.25) is 4.79 Å². The third-order valence-corrected chi connectivity index (χ3v) is 2.82. The fourth-order valence-corrected chi connectivity index (χ4v) is 1.51. The number of carboxylic acid groups (broad SMARTS) is 1. The number of benzene rings is 1. The van der Waals surface area contributed by atoms with Gasteiger partial charge in [0.05, 0.1) is 0 Å². The van der Waals surface area contributed by atoms with Crippen LogP contribution in [0.2, 0.25) is 0 Å². The lowest BCUT2D eigenvalue weighted by atomic mass is 10.0. The number of rotatable bonds is 5. The van der Waals surface area contributed by atoms with Gasteiger partial charge in [0.25, 0.3) is 0 Å². The molecule has 0 unspecified atom stereocenters. The standard InChI is InChI=1S/C14H20N2O3/c1-9(2)12-6-4-11(5-7-12)8-15-14(19)16-10(3)13(17)18/h4-7,9-10H,8H2,1-3H3,(H,17,18)(H2,15,16,19)/t10-/m1/s1. The van der Waals surface area contributed by atoms with Gasteiger partial charge < -0.3 is 15.7 Å². The summed E-state index contributed by atoms with van der Waals surface area (Å²) in [6.07, 6.45) is 0. The third kappa shape index (κ3) is 4.99. The first-order valence-corrected chi connectivity index (χ1v) is 6.26. The molecule has 5 heteroatoms. The van der Waals surface area contributed by atoms with E-state index in [4.69, 9.17) is 5.11 Å². The largest absolute Gasteiger partial charge is 0.480 e. The molecule has 1 rings (SSSR count). The van der Waals surface area contributed by atoms with E-state index in [1.165, 1.54) is 12.5 Å². The van der Waals surface area contributed by atoms with Crippen LogP contribution in [0.15, 0.2) is 24.3 Å². The Morgan fingerprint density at radius 2 is 1.74 bits per heavy atom. The first-order valence-electron chi connectivity index (χ1n) is 6.26. The van der Waals surface area contributed by atoms with Gasteiger partial charge in [-0.15, -0.1) is 0 Å². The van der Waals surface area contributed by atoms with Gasteiger partial charge in [-0.2, -0.15) is 0 Å².